The lowest BCUT2D eigenvalue weighted by Crippen LogP contribution is -2.35. The van der Waals surface area contributed by atoms with Gasteiger partial charge >= 0.3 is 12.0 Å². The maximum atomic E-state index is 10.4. The number of rotatable bonds is 3. The van der Waals surface area contributed by atoms with Crippen molar-refractivity contribution in [2.24, 2.45) is 11.0 Å². The smallest absolute Gasteiger partial charge is 0.338 e. The van der Waals surface area contributed by atoms with E-state index in [0.29, 0.717) is 0 Å². The highest BCUT2D eigenvalue weighted by Gasteiger charge is 2.14. The number of methoxy groups -OCH3 is 1. The van der Waals surface area contributed by atoms with Crippen LogP contribution in [0.15, 0.2) is 5.29 Å². The van der Waals surface area contributed by atoms with Crippen LogP contribution in [-0.4, -0.2) is 30.7 Å². The van der Waals surface area contributed by atoms with Gasteiger partial charge in [-0.05, 0) is 0 Å². The molecule has 0 atom stereocenters. The summed E-state index contributed by atoms with van der Waals surface area (Å²) in [7, 11) is 1.12. The van der Waals surface area contributed by atoms with Crippen molar-refractivity contribution in [1.29, 1.82) is 0 Å². The Morgan fingerprint density at radius 3 is 2.45 bits per heavy atom. The van der Waals surface area contributed by atoms with Crippen LogP contribution in [0.3, 0.4) is 0 Å². The molecular weight excluding hydrogens is 154 g/mol. The normalized spacial score (nSPS) is 8.45. The summed E-state index contributed by atoms with van der Waals surface area (Å²) >= 11 is 0. The number of nitrogens with two attached hydrogens (primary N) is 1. The number of hydrogen-bond acceptors (Lipinski definition) is 5. The molecule has 0 radical (unpaired) electrons. The number of primary amides is 1. The van der Waals surface area contributed by atoms with Crippen molar-refractivity contribution in [2.75, 3.05) is 13.7 Å². The molecule has 11 heavy (non-hydrogen) atoms. The van der Waals surface area contributed by atoms with Crippen molar-refractivity contribution < 1.29 is 14.3 Å². The second-order valence-corrected chi connectivity index (χ2v) is 1.55. The average molecular weight is 161 g/mol. The minimum absolute atomic E-state index is 0.256. The van der Waals surface area contributed by atoms with Crippen LogP contribution in [0, 0.1) is 4.91 Å². The van der Waals surface area contributed by atoms with Gasteiger partial charge < -0.3 is 10.5 Å². The number of carbonyl (C=O) groups is 2. The number of amides is 2. The molecular formula is C4H7N3O4. The maximum Gasteiger partial charge on any atom is 0.338 e. The van der Waals surface area contributed by atoms with Crippen molar-refractivity contribution in [3.05, 3.63) is 4.91 Å². The third-order valence-corrected chi connectivity index (χ3v) is 0.859. The number of carbonyl (C=O) groups excluding carboxylic acids is 2. The lowest BCUT2D eigenvalue weighted by Gasteiger charge is -2.06. The van der Waals surface area contributed by atoms with Crippen LogP contribution in [0.4, 0.5) is 4.79 Å². The van der Waals surface area contributed by atoms with Gasteiger partial charge in [-0.3, -0.25) is 4.79 Å². The minimum atomic E-state index is -1.09. The number of urea groups is 1. The number of esters is 1. The van der Waals surface area contributed by atoms with Crippen molar-refractivity contribution in [2.45, 2.75) is 0 Å². The largest absolute Gasteiger partial charge is 0.468 e. The molecule has 0 spiro atoms. The Bertz CT molecular complexity index is 180. The molecule has 7 nitrogen and oxygen atoms in total. The Labute approximate surface area is 62.0 Å². The van der Waals surface area contributed by atoms with Crippen LogP contribution >= 0.6 is 0 Å². The first-order valence-corrected chi connectivity index (χ1v) is 2.59. The van der Waals surface area contributed by atoms with E-state index in [-0.39, 0.29) is 5.01 Å². The molecule has 2 N–H and O–H groups in total. The molecule has 0 heterocycles. The Kier molecular flexibility index (Phi) is 3.57. The zero-order valence-corrected chi connectivity index (χ0v) is 5.81. The number of nitroso groups, excluding NO2 is 1. The first-order chi connectivity index (χ1) is 5.11. The third-order valence-electron chi connectivity index (χ3n) is 0.859. The van der Waals surface area contributed by atoms with Gasteiger partial charge in [0.1, 0.15) is 6.54 Å². The quantitative estimate of drug-likeness (QED) is 0.333. The molecule has 0 saturated heterocycles. The van der Waals surface area contributed by atoms with Crippen LogP contribution < -0.4 is 5.73 Å². The molecule has 7 heteroatoms. The first kappa shape index (κ1) is 9.34. The highest BCUT2D eigenvalue weighted by Crippen LogP contribution is 1.88. The number of hydrogen-bond donors (Lipinski definition) is 1. The molecule has 0 rings (SSSR count). The molecule has 0 aliphatic carbocycles. The summed E-state index contributed by atoms with van der Waals surface area (Å²) in [6.45, 7) is -0.560. The van der Waals surface area contributed by atoms with E-state index >= 15 is 0 Å². The SMILES string of the molecule is COC(=O)CN(N=O)C(N)=O. The minimum Gasteiger partial charge on any atom is -0.468 e. The summed E-state index contributed by atoms with van der Waals surface area (Å²) in [5.74, 6) is -0.761. The molecule has 2 amide bonds. The lowest BCUT2D eigenvalue weighted by atomic mass is 10.6. The molecule has 0 bridgehead atoms. The predicted molar refractivity (Wildman–Crippen MR) is 34.1 cm³/mol. The zero-order chi connectivity index (χ0) is 8.85. The van der Waals surface area contributed by atoms with Crippen molar-refractivity contribution in [3.63, 3.8) is 0 Å². The topological polar surface area (TPSA) is 102 Å². The van der Waals surface area contributed by atoms with Gasteiger partial charge in [-0.25, -0.2) is 4.79 Å². The lowest BCUT2D eigenvalue weighted by molar-refractivity contribution is -0.141. The highest BCUT2D eigenvalue weighted by atomic mass is 16.5. The van der Waals surface area contributed by atoms with Crippen LogP contribution in [-0.2, 0) is 9.53 Å². The van der Waals surface area contributed by atoms with Crippen LogP contribution in [0.1, 0.15) is 0 Å². The van der Waals surface area contributed by atoms with E-state index in [1.807, 2.05) is 0 Å². The van der Waals surface area contributed by atoms with E-state index in [4.69, 9.17) is 0 Å². The molecule has 0 aliphatic rings. The predicted octanol–water partition coefficient (Wildman–Crippen LogP) is -0.779. The second kappa shape index (κ2) is 4.20. The van der Waals surface area contributed by atoms with Crippen molar-refractivity contribution in [3.8, 4) is 0 Å². The van der Waals surface area contributed by atoms with E-state index < -0.39 is 18.5 Å². The van der Waals surface area contributed by atoms with E-state index in [1.165, 1.54) is 0 Å². The molecule has 0 aromatic rings. The summed E-state index contributed by atoms with van der Waals surface area (Å²) in [5, 5.41) is 2.44. The van der Waals surface area contributed by atoms with Gasteiger partial charge in [0.2, 0.25) is 0 Å². The zero-order valence-electron chi connectivity index (χ0n) is 5.81. The van der Waals surface area contributed by atoms with Crippen LogP contribution in [0.2, 0.25) is 0 Å². The molecule has 62 valence electrons. The molecule has 0 saturated carbocycles. The van der Waals surface area contributed by atoms with E-state index in [0.717, 1.165) is 7.11 Å². The van der Waals surface area contributed by atoms with Crippen LogP contribution in [0.5, 0.6) is 0 Å². The third kappa shape index (κ3) is 3.14. The fraction of sp³-hybridized carbons (Fsp3) is 0.500. The standard InChI is InChI=1S/C4H7N3O4/c1-11-3(8)2-7(6-10)4(5)9/h2H2,1H3,(H2,5,9). The van der Waals surface area contributed by atoms with E-state index in [9.17, 15) is 14.5 Å². The van der Waals surface area contributed by atoms with Gasteiger partial charge in [0, 0.05) is 0 Å². The van der Waals surface area contributed by atoms with Gasteiger partial charge in [0.05, 0.1) is 12.4 Å². The Balaban J connectivity index is 3.98. The molecule has 0 aromatic carbocycles. The van der Waals surface area contributed by atoms with Crippen molar-refractivity contribution in [1.82, 2.24) is 5.01 Å². The Morgan fingerprint density at radius 1 is 1.64 bits per heavy atom. The Morgan fingerprint density at radius 2 is 2.18 bits per heavy atom. The summed E-state index contributed by atoms with van der Waals surface area (Å²) in [4.78, 5) is 30.4. The van der Waals surface area contributed by atoms with Gasteiger partial charge in [0.25, 0.3) is 0 Å². The van der Waals surface area contributed by atoms with Gasteiger partial charge in [0.15, 0.2) is 0 Å². The monoisotopic (exact) mass is 161 g/mol. The average Bonchev–Trinajstić information content (AvgIpc) is 1.99. The summed E-state index contributed by atoms with van der Waals surface area (Å²) in [6, 6.07) is -1.09. The summed E-state index contributed by atoms with van der Waals surface area (Å²) in [6.07, 6.45) is 0. The van der Waals surface area contributed by atoms with E-state index in [1.54, 1.807) is 0 Å². The fourth-order valence-corrected chi connectivity index (χ4v) is 0.334. The molecule has 0 aromatic heterocycles. The molecule has 0 unspecified atom stereocenters. The highest BCUT2D eigenvalue weighted by molar-refractivity contribution is 5.79. The van der Waals surface area contributed by atoms with Gasteiger partial charge in [-0.15, -0.1) is 4.91 Å². The maximum absolute atomic E-state index is 10.4. The first-order valence-electron chi connectivity index (χ1n) is 2.59. The summed E-state index contributed by atoms with van der Waals surface area (Å²) < 4.78 is 4.15. The second-order valence-electron chi connectivity index (χ2n) is 1.55. The number of nitrogens with zero attached hydrogens (tertiary/aromatic N) is 2. The van der Waals surface area contributed by atoms with Gasteiger partial charge in [-0.2, -0.15) is 5.01 Å². The summed E-state index contributed by atoms with van der Waals surface area (Å²) in [5.41, 5.74) is 4.64. The van der Waals surface area contributed by atoms with E-state index in [2.05, 4.69) is 15.8 Å². The number of ether oxygens (including phenoxy) is 1. The van der Waals surface area contributed by atoms with Crippen LogP contribution in [0.25, 0.3) is 0 Å². The Hall–Kier alpha value is -1.66. The molecule has 0 fully saturated rings. The molecule has 0 aliphatic heterocycles. The van der Waals surface area contributed by atoms with Crippen molar-refractivity contribution >= 4 is 12.0 Å². The fourth-order valence-electron chi connectivity index (χ4n) is 0.334. The van der Waals surface area contributed by atoms with Gasteiger partial charge in [-0.1, -0.05) is 0 Å².